The molecular weight excluding hydrogens is 264 g/mol. The molecule has 0 atom stereocenters. The summed E-state index contributed by atoms with van der Waals surface area (Å²) in [5, 5.41) is 2.49. The van der Waals surface area contributed by atoms with E-state index in [1.54, 1.807) is 0 Å². The molecule has 2 rings (SSSR count). The number of hydrogen-bond acceptors (Lipinski definition) is 3. The second-order valence-electron chi connectivity index (χ2n) is 4.71. The summed E-state index contributed by atoms with van der Waals surface area (Å²) in [5.41, 5.74) is 0.447. The van der Waals surface area contributed by atoms with E-state index < -0.39 is 10.0 Å². The maximum absolute atomic E-state index is 12.1. The van der Waals surface area contributed by atoms with Gasteiger partial charge in [0.15, 0.2) is 0 Å². The van der Waals surface area contributed by atoms with Gasteiger partial charge in [0.05, 0.1) is 4.90 Å². The molecule has 0 heterocycles. The predicted octanol–water partition coefficient (Wildman–Crippen LogP) is 1.27. The van der Waals surface area contributed by atoms with Crippen LogP contribution in [-0.4, -0.2) is 27.4 Å². The first-order chi connectivity index (χ1) is 9.03. The molecule has 0 radical (unpaired) electrons. The van der Waals surface area contributed by atoms with Gasteiger partial charge in [-0.3, -0.25) is 4.79 Å². The molecule has 5 nitrogen and oxygen atoms in total. The zero-order chi connectivity index (χ0) is 13.9. The van der Waals surface area contributed by atoms with Crippen LogP contribution in [0.1, 0.15) is 36.0 Å². The summed E-state index contributed by atoms with van der Waals surface area (Å²) in [6.07, 6.45) is 3.94. The highest BCUT2D eigenvalue weighted by atomic mass is 32.2. The highest BCUT2D eigenvalue weighted by Crippen LogP contribution is 2.20. The molecule has 1 aromatic rings. The Morgan fingerprint density at radius 2 is 1.74 bits per heavy atom. The van der Waals surface area contributed by atoms with E-state index in [2.05, 4.69) is 10.0 Å². The van der Waals surface area contributed by atoms with Crippen LogP contribution in [0.15, 0.2) is 29.2 Å². The Hall–Kier alpha value is -1.40. The van der Waals surface area contributed by atoms with E-state index in [1.807, 2.05) is 0 Å². The van der Waals surface area contributed by atoms with Gasteiger partial charge >= 0.3 is 0 Å². The van der Waals surface area contributed by atoms with Crippen molar-refractivity contribution in [1.29, 1.82) is 0 Å². The lowest BCUT2D eigenvalue weighted by molar-refractivity contribution is 0.0963. The minimum absolute atomic E-state index is 0.0450. The van der Waals surface area contributed by atoms with E-state index in [0.717, 1.165) is 25.7 Å². The van der Waals surface area contributed by atoms with E-state index >= 15 is 0 Å². The second-order valence-corrected chi connectivity index (χ2v) is 6.42. The number of hydrogen-bond donors (Lipinski definition) is 2. The summed E-state index contributed by atoms with van der Waals surface area (Å²) < 4.78 is 27.0. The van der Waals surface area contributed by atoms with Crippen LogP contribution in [0.25, 0.3) is 0 Å². The van der Waals surface area contributed by atoms with Gasteiger partial charge in [0.1, 0.15) is 0 Å². The predicted molar refractivity (Wildman–Crippen MR) is 72.4 cm³/mol. The van der Waals surface area contributed by atoms with Crippen LogP contribution < -0.4 is 10.0 Å². The van der Waals surface area contributed by atoms with Crippen molar-refractivity contribution in [3.63, 3.8) is 0 Å². The molecule has 0 spiro atoms. The van der Waals surface area contributed by atoms with Gasteiger partial charge in [0.2, 0.25) is 10.0 Å². The van der Waals surface area contributed by atoms with Crippen molar-refractivity contribution in [2.24, 2.45) is 0 Å². The lowest BCUT2D eigenvalue weighted by atomic mass is 10.2. The fourth-order valence-electron chi connectivity index (χ4n) is 2.26. The minimum Gasteiger partial charge on any atom is -0.355 e. The van der Waals surface area contributed by atoms with Crippen LogP contribution >= 0.6 is 0 Å². The van der Waals surface area contributed by atoms with Crippen molar-refractivity contribution < 1.29 is 13.2 Å². The van der Waals surface area contributed by atoms with Gasteiger partial charge in [-0.15, -0.1) is 0 Å². The monoisotopic (exact) mass is 282 g/mol. The molecular formula is C13H18N2O3S. The second kappa shape index (κ2) is 5.71. The van der Waals surface area contributed by atoms with E-state index in [0.29, 0.717) is 5.56 Å². The molecule has 0 aromatic heterocycles. The molecule has 1 aliphatic rings. The number of carbonyl (C=O) groups excluding carboxylic acids is 1. The standard InChI is InChI=1S/C13H18N2O3S/c1-14-13(16)10-6-8-12(9-7-10)19(17,18)15-11-4-2-3-5-11/h6-9,11,15H,2-5H2,1H3,(H,14,16). The van der Waals surface area contributed by atoms with E-state index in [1.165, 1.54) is 31.3 Å². The first kappa shape index (κ1) is 14.0. The normalized spacial score (nSPS) is 16.5. The van der Waals surface area contributed by atoms with Crippen LogP contribution in [0.2, 0.25) is 0 Å². The third-order valence-corrected chi connectivity index (χ3v) is 4.87. The third-order valence-electron chi connectivity index (χ3n) is 3.33. The van der Waals surface area contributed by atoms with Crippen molar-refractivity contribution in [1.82, 2.24) is 10.0 Å². The number of nitrogens with one attached hydrogen (secondary N) is 2. The molecule has 1 saturated carbocycles. The van der Waals surface area contributed by atoms with Crippen LogP contribution in [0.5, 0.6) is 0 Å². The maximum atomic E-state index is 12.1. The minimum atomic E-state index is -3.47. The zero-order valence-corrected chi connectivity index (χ0v) is 11.7. The SMILES string of the molecule is CNC(=O)c1ccc(S(=O)(=O)NC2CCCC2)cc1. The van der Waals surface area contributed by atoms with E-state index in [-0.39, 0.29) is 16.8 Å². The Bertz CT molecular complexity index is 546. The van der Waals surface area contributed by atoms with Crippen molar-refractivity contribution in [2.75, 3.05) is 7.05 Å². The van der Waals surface area contributed by atoms with Gasteiger partial charge in [-0.2, -0.15) is 0 Å². The Morgan fingerprint density at radius 3 is 2.26 bits per heavy atom. The fraction of sp³-hybridized carbons (Fsp3) is 0.462. The van der Waals surface area contributed by atoms with Crippen molar-refractivity contribution in [2.45, 2.75) is 36.6 Å². The van der Waals surface area contributed by atoms with E-state index in [9.17, 15) is 13.2 Å². The average molecular weight is 282 g/mol. The molecule has 0 saturated heterocycles. The van der Waals surface area contributed by atoms with Gasteiger partial charge < -0.3 is 5.32 Å². The zero-order valence-electron chi connectivity index (χ0n) is 10.8. The molecule has 6 heteroatoms. The number of rotatable bonds is 4. The summed E-state index contributed by atoms with van der Waals surface area (Å²) in [6.45, 7) is 0. The van der Waals surface area contributed by atoms with Crippen LogP contribution in [0, 0.1) is 0 Å². The van der Waals surface area contributed by atoms with Crippen molar-refractivity contribution in [3.05, 3.63) is 29.8 Å². The summed E-state index contributed by atoms with van der Waals surface area (Å²) in [4.78, 5) is 11.6. The van der Waals surface area contributed by atoms with Gasteiger partial charge in [-0.1, -0.05) is 12.8 Å². The van der Waals surface area contributed by atoms with Crippen molar-refractivity contribution in [3.8, 4) is 0 Å². The summed E-state index contributed by atoms with van der Waals surface area (Å²) in [6, 6.07) is 6.00. The van der Waals surface area contributed by atoms with Gasteiger partial charge in [-0.25, -0.2) is 13.1 Å². The largest absolute Gasteiger partial charge is 0.355 e. The highest BCUT2D eigenvalue weighted by Gasteiger charge is 2.22. The number of benzene rings is 1. The maximum Gasteiger partial charge on any atom is 0.251 e. The molecule has 0 bridgehead atoms. The fourth-order valence-corrected chi connectivity index (χ4v) is 3.57. The smallest absolute Gasteiger partial charge is 0.251 e. The molecule has 1 amide bonds. The van der Waals surface area contributed by atoms with Gasteiger partial charge in [0.25, 0.3) is 5.91 Å². The molecule has 104 valence electrons. The lowest BCUT2D eigenvalue weighted by Crippen LogP contribution is -2.32. The summed E-state index contributed by atoms with van der Waals surface area (Å²) in [5.74, 6) is -0.229. The quantitative estimate of drug-likeness (QED) is 0.873. The molecule has 2 N–H and O–H groups in total. The lowest BCUT2D eigenvalue weighted by Gasteiger charge is -2.12. The van der Waals surface area contributed by atoms with Crippen molar-refractivity contribution >= 4 is 15.9 Å². The third kappa shape index (κ3) is 3.33. The summed E-state index contributed by atoms with van der Waals surface area (Å²) >= 11 is 0. The van der Waals surface area contributed by atoms with E-state index in [4.69, 9.17) is 0 Å². The van der Waals surface area contributed by atoms with Gasteiger partial charge in [-0.05, 0) is 37.1 Å². The first-order valence-corrected chi connectivity index (χ1v) is 7.86. The van der Waals surface area contributed by atoms with Crippen LogP contribution in [0.4, 0.5) is 0 Å². The summed E-state index contributed by atoms with van der Waals surface area (Å²) in [7, 11) is -1.94. The average Bonchev–Trinajstić information content (AvgIpc) is 2.90. The molecule has 1 aliphatic carbocycles. The highest BCUT2D eigenvalue weighted by molar-refractivity contribution is 7.89. The Morgan fingerprint density at radius 1 is 1.16 bits per heavy atom. The molecule has 1 fully saturated rings. The topological polar surface area (TPSA) is 75.3 Å². The number of sulfonamides is 1. The molecule has 0 aliphatic heterocycles. The van der Waals surface area contributed by atoms with Gasteiger partial charge in [0, 0.05) is 18.7 Å². The first-order valence-electron chi connectivity index (χ1n) is 6.37. The van der Waals surface area contributed by atoms with Crippen LogP contribution in [0.3, 0.4) is 0 Å². The number of amides is 1. The van der Waals surface area contributed by atoms with Crippen LogP contribution in [-0.2, 0) is 10.0 Å². The Balaban J connectivity index is 2.14. The molecule has 1 aromatic carbocycles. The molecule has 19 heavy (non-hydrogen) atoms. The Kier molecular flexibility index (Phi) is 4.21. The molecule has 0 unspecified atom stereocenters. The number of carbonyl (C=O) groups is 1. The Labute approximate surface area is 113 Å².